The molecule has 4 nitrogen and oxygen atoms in total. The lowest BCUT2D eigenvalue weighted by atomic mass is 9.82. The predicted octanol–water partition coefficient (Wildman–Crippen LogP) is 11.8. The van der Waals surface area contributed by atoms with Gasteiger partial charge < -0.3 is 14.9 Å². The largest absolute Gasteiger partial charge is 0.449 e. The Kier molecular flexibility index (Phi) is 7.86. The molecule has 0 saturated carbocycles. The summed E-state index contributed by atoms with van der Waals surface area (Å²) in [5.41, 5.74) is 11.3. The Morgan fingerprint density at radius 2 is 1.46 bits per heavy atom. The van der Waals surface area contributed by atoms with E-state index in [0.717, 1.165) is 44.7 Å². The molecule has 0 spiro atoms. The summed E-state index contributed by atoms with van der Waals surface area (Å²) < 4.78 is 13.3. The van der Waals surface area contributed by atoms with Crippen LogP contribution in [0.1, 0.15) is 48.6 Å². The van der Waals surface area contributed by atoms with Crippen molar-refractivity contribution in [2.75, 3.05) is 0 Å². The summed E-state index contributed by atoms with van der Waals surface area (Å²) in [5, 5.41) is 8.89. The zero-order valence-electron chi connectivity index (χ0n) is 27.4. The number of benzene rings is 5. The Labute approximate surface area is 282 Å². The topological polar surface area (TPSA) is 54.7 Å². The number of allylic oxidation sites excluding steroid dienone is 6. The van der Waals surface area contributed by atoms with Crippen molar-refractivity contribution in [3.8, 4) is 45.3 Å². The second kappa shape index (κ2) is 12.3. The van der Waals surface area contributed by atoms with Crippen LogP contribution in [0.2, 0.25) is 0 Å². The number of rotatable bonds is 8. The molecule has 0 bridgehead atoms. The highest BCUT2D eigenvalue weighted by molar-refractivity contribution is 6.10. The van der Waals surface area contributed by atoms with E-state index in [1.807, 2.05) is 91.9 Å². The van der Waals surface area contributed by atoms with Crippen molar-refractivity contribution < 1.29 is 9.47 Å². The number of para-hydroxylation sites is 1. The maximum Gasteiger partial charge on any atom is 0.178 e. The van der Waals surface area contributed by atoms with Gasteiger partial charge in [0.2, 0.25) is 0 Å². The fourth-order valence-electron chi connectivity index (χ4n) is 6.76. The smallest absolute Gasteiger partial charge is 0.178 e. The standard InChI is InChI=1S/C44H36N2O2/c1-6-12-28(13-7-2)31-14-10-15-32(26-31)38(46-5)27-37(45)30-22-20-29(21-23-30)33-17-11-19-39-42(33)47-40-25-24-36-41(43(40)48-39)34-16-8-9-18-35(34)44(36,3)4/h6-27,45H,1,5H2,2-4H3/b13-7-,28-12+,38-27-,45-37?. The molecule has 0 radical (unpaired) electrons. The number of hydrogen-bond donors (Lipinski definition) is 1. The Balaban J connectivity index is 1.17. The predicted molar refractivity (Wildman–Crippen MR) is 200 cm³/mol. The van der Waals surface area contributed by atoms with Crippen molar-refractivity contribution in [2.24, 2.45) is 4.99 Å². The molecule has 0 atom stereocenters. The van der Waals surface area contributed by atoms with E-state index in [-0.39, 0.29) is 5.41 Å². The first kappa shape index (κ1) is 30.6. The summed E-state index contributed by atoms with van der Waals surface area (Å²) in [6.07, 6.45) is 9.54. The van der Waals surface area contributed by atoms with Crippen molar-refractivity contribution in [1.29, 1.82) is 5.41 Å². The molecule has 0 aromatic heterocycles. The van der Waals surface area contributed by atoms with E-state index in [9.17, 15) is 0 Å². The summed E-state index contributed by atoms with van der Waals surface area (Å²) in [6, 6.07) is 34.7. The third kappa shape index (κ3) is 5.22. The molecule has 1 aliphatic heterocycles. The van der Waals surface area contributed by atoms with Crippen LogP contribution >= 0.6 is 0 Å². The minimum Gasteiger partial charge on any atom is -0.449 e. The number of fused-ring (bicyclic) bond motifs is 6. The van der Waals surface area contributed by atoms with Crippen LogP contribution in [0.5, 0.6) is 23.0 Å². The number of aliphatic imine (C=N–C) groups is 1. The van der Waals surface area contributed by atoms with E-state index in [1.165, 1.54) is 16.7 Å². The maximum atomic E-state index is 8.89. The highest BCUT2D eigenvalue weighted by Crippen LogP contribution is 2.59. The van der Waals surface area contributed by atoms with E-state index in [4.69, 9.17) is 14.9 Å². The first-order chi connectivity index (χ1) is 23.3. The molecule has 4 heteroatoms. The maximum absolute atomic E-state index is 8.89. The number of nitrogens with zero attached hydrogens (tertiary/aromatic N) is 1. The van der Waals surface area contributed by atoms with Gasteiger partial charge in [-0.3, -0.25) is 4.99 Å². The quantitative estimate of drug-likeness (QED) is 0.135. The van der Waals surface area contributed by atoms with Crippen molar-refractivity contribution in [1.82, 2.24) is 0 Å². The second-order valence-corrected chi connectivity index (χ2v) is 12.4. The summed E-state index contributed by atoms with van der Waals surface area (Å²) in [7, 11) is 0. The first-order valence-corrected chi connectivity index (χ1v) is 16.0. The molecule has 5 aromatic carbocycles. The summed E-state index contributed by atoms with van der Waals surface area (Å²) in [6.45, 7) is 14.1. The van der Waals surface area contributed by atoms with Gasteiger partial charge in [-0.05, 0) is 76.9 Å². The molecule has 2 aliphatic rings. The summed E-state index contributed by atoms with van der Waals surface area (Å²) >= 11 is 0. The van der Waals surface area contributed by atoms with Gasteiger partial charge in [0.1, 0.15) is 0 Å². The van der Waals surface area contributed by atoms with Crippen LogP contribution in [0.3, 0.4) is 0 Å². The minimum absolute atomic E-state index is 0.123. The van der Waals surface area contributed by atoms with Crippen LogP contribution in [0.4, 0.5) is 0 Å². The molecule has 0 saturated heterocycles. The van der Waals surface area contributed by atoms with Gasteiger partial charge in [0, 0.05) is 22.1 Å². The van der Waals surface area contributed by atoms with Gasteiger partial charge in [-0.25, -0.2) is 0 Å². The van der Waals surface area contributed by atoms with Crippen molar-refractivity contribution in [2.45, 2.75) is 26.2 Å². The summed E-state index contributed by atoms with van der Waals surface area (Å²) in [5.74, 6) is 2.83. The third-order valence-corrected chi connectivity index (χ3v) is 9.16. The zero-order chi connectivity index (χ0) is 33.4. The molecule has 7 rings (SSSR count). The van der Waals surface area contributed by atoms with Crippen LogP contribution < -0.4 is 9.47 Å². The van der Waals surface area contributed by atoms with Gasteiger partial charge >= 0.3 is 0 Å². The molecule has 234 valence electrons. The zero-order valence-corrected chi connectivity index (χ0v) is 27.4. The monoisotopic (exact) mass is 624 g/mol. The lowest BCUT2D eigenvalue weighted by Crippen LogP contribution is -2.15. The average molecular weight is 625 g/mol. The highest BCUT2D eigenvalue weighted by atomic mass is 16.6. The van der Waals surface area contributed by atoms with Gasteiger partial charge in [0.25, 0.3) is 0 Å². The molecular weight excluding hydrogens is 588 g/mol. The molecule has 0 unspecified atom stereocenters. The molecule has 48 heavy (non-hydrogen) atoms. The summed E-state index contributed by atoms with van der Waals surface area (Å²) in [4.78, 5) is 4.27. The Bertz CT molecular complexity index is 2210. The van der Waals surface area contributed by atoms with Crippen LogP contribution in [0.15, 0.2) is 145 Å². The van der Waals surface area contributed by atoms with E-state index in [0.29, 0.717) is 28.7 Å². The first-order valence-electron chi connectivity index (χ1n) is 16.0. The van der Waals surface area contributed by atoms with E-state index in [1.54, 1.807) is 12.2 Å². The van der Waals surface area contributed by atoms with Crippen LogP contribution in [-0.4, -0.2) is 12.4 Å². The van der Waals surface area contributed by atoms with E-state index < -0.39 is 0 Å². The Hall–Kier alpha value is -6.00. The van der Waals surface area contributed by atoms with E-state index >= 15 is 0 Å². The molecule has 0 fully saturated rings. The van der Waals surface area contributed by atoms with Crippen LogP contribution in [0.25, 0.3) is 33.5 Å². The molecule has 1 N–H and O–H groups in total. The molecule has 1 heterocycles. The van der Waals surface area contributed by atoms with Gasteiger partial charge in [-0.15, -0.1) is 0 Å². The normalized spacial score (nSPS) is 14.2. The molecule has 5 aromatic rings. The van der Waals surface area contributed by atoms with Gasteiger partial charge in [-0.2, -0.15) is 0 Å². The van der Waals surface area contributed by atoms with Crippen molar-refractivity contribution in [3.05, 3.63) is 168 Å². The average Bonchev–Trinajstić information content (AvgIpc) is 3.35. The fourth-order valence-corrected chi connectivity index (χ4v) is 6.76. The van der Waals surface area contributed by atoms with Crippen LogP contribution in [-0.2, 0) is 5.41 Å². The van der Waals surface area contributed by atoms with Gasteiger partial charge in [0.05, 0.1) is 11.4 Å². The number of ether oxygens (including phenoxy) is 2. The van der Waals surface area contributed by atoms with Gasteiger partial charge in [-0.1, -0.05) is 130 Å². The lowest BCUT2D eigenvalue weighted by Gasteiger charge is -2.26. The molecule has 1 aliphatic carbocycles. The fraction of sp³-hybridized carbons (Fsp3) is 0.0909. The minimum atomic E-state index is -0.123. The van der Waals surface area contributed by atoms with Crippen LogP contribution in [0, 0.1) is 5.41 Å². The highest BCUT2D eigenvalue weighted by Gasteiger charge is 2.39. The van der Waals surface area contributed by atoms with Crippen molar-refractivity contribution in [3.63, 3.8) is 0 Å². The second-order valence-electron chi connectivity index (χ2n) is 12.4. The van der Waals surface area contributed by atoms with Crippen molar-refractivity contribution >= 4 is 23.7 Å². The van der Waals surface area contributed by atoms with E-state index in [2.05, 4.69) is 68.5 Å². The lowest BCUT2D eigenvalue weighted by molar-refractivity contribution is 0.361. The Morgan fingerprint density at radius 1 is 0.750 bits per heavy atom. The molecule has 0 amide bonds. The van der Waals surface area contributed by atoms with Gasteiger partial charge in [0.15, 0.2) is 23.0 Å². The number of nitrogens with one attached hydrogen (secondary N) is 1. The molecular formula is C44H36N2O2. The number of hydrogen-bond acceptors (Lipinski definition) is 4. The third-order valence-electron chi connectivity index (χ3n) is 9.16. The SMILES string of the molecule is C=C/C=C(\C=C/C)c1cccc(/C(=C/C(=N)c2ccc(-c3cccc4c3Oc3ccc5c(c3O4)-c3ccccc3C5(C)C)cc2)N=C)c1. The Morgan fingerprint density at radius 3 is 2.23 bits per heavy atom.